The van der Waals surface area contributed by atoms with E-state index in [0.29, 0.717) is 17.9 Å². The first-order valence-electron chi connectivity index (χ1n) is 8.36. The van der Waals surface area contributed by atoms with Crippen molar-refractivity contribution in [1.29, 1.82) is 0 Å². The Bertz CT molecular complexity index is 913. The van der Waals surface area contributed by atoms with Crippen molar-refractivity contribution in [3.63, 3.8) is 0 Å². The van der Waals surface area contributed by atoms with E-state index in [1.165, 1.54) is 6.07 Å². The number of hydrogen-bond acceptors (Lipinski definition) is 4. The number of nitrogens with one attached hydrogen (secondary N) is 1. The predicted octanol–water partition coefficient (Wildman–Crippen LogP) is 4.75. The smallest absolute Gasteiger partial charge is 0.231 e. The van der Waals surface area contributed by atoms with Crippen molar-refractivity contribution < 1.29 is 18.6 Å². The zero-order chi connectivity index (χ0) is 17.8. The second-order valence-electron chi connectivity index (χ2n) is 5.95. The van der Waals surface area contributed by atoms with Crippen molar-refractivity contribution >= 4 is 5.69 Å². The van der Waals surface area contributed by atoms with Crippen LogP contribution in [-0.2, 0) is 13.2 Å². The third kappa shape index (κ3) is 3.72. The van der Waals surface area contributed by atoms with Crippen molar-refractivity contribution in [2.75, 3.05) is 12.1 Å². The maximum absolute atomic E-state index is 13.7. The molecule has 0 amide bonds. The van der Waals surface area contributed by atoms with Crippen molar-refractivity contribution in [2.45, 2.75) is 13.2 Å². The number of benzene rings is 3. The maximum Gasteiger partial charge on any atom is 0.231 e. The monoisotopic (exact) mass is 351 g/mol. The molecule has 1 aliphatic heterocycles. The summed E-state index contributed by atoms with van der Waals surface area (Å²) < 4.78 is 30.1. The number of fused-ring (bicyclic) bond motifs is 1. The molecule has 1 heterocycles. The summed E-state index contributed by atoms with van der Waals surface area (Å²) in [5.74, 6) is 1.96. The molecule has 5 heteroatoms. The first-order chi connectivity index (χ1) is 12.8. The molecule has 0 saturated heterocycles. The number of rotatable bonds is 6. The highest BCUT2D eigenvalue weighted by molar-refractivity contribution is 5.55. The lowest BCUT2D eigenvalue weighted by Crippen LogP contribution is -2.01. The van der Waals surface area contributed by atoms with E-state index < -0.39 is 0 Å². The van der Waals surface area contributed by atoms with Crippen LogP contribution in [-0.4, -0.2) is 6.79 Å². The van der Waals surface area contributed by atoms with Gasteiger partial charge in [-0.3, -0.25) is 0 Å². The number of ether oxygens (including phenoxy) is 3. The maximum atomic E-state index is 13.7. The zero-order valence-corrected chi connectivity index (χ0v) is 14.1. The van der Waals surface area contributed by atoms with Gasteiger partial charge in [0, 0.05) is 23.9 Å². The van der Waals surface area contributed by atoms with Gasteiger partial charge in [0.15, 0.2) is 11.5 Å². The van der Waals surface area contributed by atoms with E-state index in [1.807, 2.05) is 42.5 Å². The van der Waals surface area contributed by atoms with Crippen LogP contribution in [0, 0.1) is 5.82 Å². The topological polar surface area (TPSA) is 39.7 Å². The SMILES string of the molecule is Fc1ccccc1COc1cccc(CNc2ccc3c(c2)OCO3)c1. The van der Waals surface area contributed by atoms with Crippen LogP contribution in [0.2, 0.25) is 0 Å². The summed E-state index contributed by atoms with van der Waals surface area (Å²) >= 11 is 0. The van der Waals surface area contributed by atoms with Gasteiger partial charge in [-0.2, -0.15) is 0 Å². The molecule has 0 bridgehead atoms. The van der Waals surface area contributed by atoms with Crippen molar-refractivity contribution in [3.05, 3.63) is 83.7 Å². The molecular formula is C21H18FNO3. The fourth-order valence-electron chi connectivity index (χ4n) is 2.73. The van der Waals surface area contributed by atoms with E-state index in [-0.39, 0.29) is 19.2 Å². The Kier molecular flexibility index (Phi) is 4.60. The largest absolute Gasteiger partial charge is 0.489 e. The van der Waals surface area contributed by atoms with E-state index >= 15 is 0 Å². The average Bonchev–Trinajstić information content (AvgIpc) is 3.14. The van der Waals surface area contributed by atoms with E-state index in [9.17, 15) is 4.39 Å². The Labute approximate surface area is 151 Å². The molecule has 0 aromatic heterocycles. The Morgan fingerprint density at radius 3 is 2.73 bits per heavy atom. The van der Waals surface area contributed by atoms with E-state index in [0.717, 1.165) is 22.7 Å². The first kappa shape index (κ1) is 16.3. The van der Waals surface area contributed by atoms with Crippen molar-refractivity contribution in [2.24, 2.45) is 0 Å². The Balaban J connectivity index is 1.37. The van der Waals surface area contributed by atoms with Gasteiger partial charge >= 0.3 is 0 Å². The van der Waals surface area contributed by atoms with Gasteiger partial charge in [0.25, 0.3) is 0 Å². The molecule has 0 spiro atoms. The molecule has 0 radical (unpaired) electrons. The highest BCUT2D eigenvalue weighted by Crippen LogP contribution is 2.34. The lowest BCUT2D eigenvalue weighted by molar-refractivity contribution is 0.174. The average molecular weight is 351 g/mol. The third-order valence-corrected chi connectivity index (χ3v) is 4.12. The third-order valence-electron chi connectivity index (χ3n) is 4.12. The number of hydrogen-bond donors (Lipinski definition) is 1. The van der Waals surface area contributed by atoms with Crippen LogP contribution in [0.3, 0.4) is 0 Å². The molecule has 3 aromatic carbocycles. The van der Waals surface area contributed by atoms with Crippen LogP contribution >= 0.6 is 0 Å². The van der Waals surface area contributed by atoms with Gasteiger partial charge in [0.05, 0.1) is 0 Å². The minimum Gasteiger partial charge on any atom is -0.489 e. The minimum atomic E-state index is -0.256. The van der Waals surface area contributed by atoms with Gasteiger partial charge in [0.1, 0.15) is 18.2 Å². The van der Waals surface area contributed by atoms with Gasteiger partial charge in [-0.15, -0.1) is 0 Å². The fraction of sp³-hybridized carbons (Fsp3) is 0.143. The second kappa shape index (κ2) is 7.35. The number of halogens is 1. The van der Waals surface area contributed by atoms with Crippen LogP contribution in [0.4, 0.5) is 10.1 Å². The Morgan fingerprint density at radius 1 is 0.923 bits per heavy atom. The Morgan fingerprint density at radius 2 is 1.81 bits per heavy atom. The van der Waals surface area contributed by atoms with Crippen molar-refractivity contribution in [1.82, 2.24) is 0 Å². The summed E-state index contributed by atoms with van der Waals surface area (Å²) in [6.07, 6.45) is 0. The summed E-state index contributed by atoms with van der Waals surface area (Å²) in [4.78, 5) is 0. The summed E-state index contributed by atoms with van der Waals surface area (Å²) in [6.45, 7) is 1.10. The summed E-state index contributed by atoms with van der Waals surface area (Å²) in [6, 6.07) is 20.1. The fourth-order valence-corrected chi connectivity index (χ4v) is 2.73. The van der Waals surface area contributed by atoms with Crippen LogP contribution < -0.4 is 19.5 Å². The molecule has 0 saturated carbocycles. The van der Waals surface area contributed by atoms with Crippen LogP contribution in [0.5, 0.6) is 17.2 Å². The molecule has 0 fully saturated rings. The Hall–Kier alpha value is -3.21. The van der Waals surface area contributed by atoms with E-state index in [4.69, 9.17) is 14.2 Å². The predicted molar refractivity (Wildman–Crippen MR) is 97.1 cm³/mol. The molecule has 0 atom stereocenters. The summed E-state index contributed by atoms with van der Waals surface area (Å²) in [5, 5.41) is 3.35. The lowest BCUT2D eigenvalue weighted by atomic mass is 10.2. The van der Waals surface area contributed by atoms with Crippen LogP contribution in [0.1, 0.15) is 11.1 Å². The van der Waals surface area contributed by atoms with E-state index in [2.05, 4.69) is 5.32 Å². The molecule has 3 aromatic rings. The molecular weight excluding hydrogens is 333 g/mol. The molecule has 1 aliphatic rings. The lowest BCUT2D eigenvalue weighted by Gasteiger charge is -2.10. The molecule has 4 nitrogen and oxygen atoms in total. The molecule has 26 heavy (non-hydrogen) atoms. The normalized spacial score (nSPS) is 12.0. The van der Waals surface area contributed by atoms with Gasteiger partial charge < -0.3 is 19.5 Å². The molecule has 132 valence electrons. The molecule has 4 rings (SSSR count). The van der Waals surface area contributed by atoms with Crippen LogP contribution in [0.25, 0.3) is 0 Å². The van der Waals surface area contributed by atoms with Gasteiger partial charge in [-0.1, -0.05) is 30.3 Å². The zero-order valence-electron chi connectivity index (χ0n) is 14.1. The molecule has 0 unspecified atom stereocenters. The molecule has 0 aliphatic carbocycles. The van der Waals surface area contributed by atoms with E-state index in [1.54, 1.807) is 18.2 Å². The highest BCUT2D eigenvalue weighted by Gasteiger charge is 2.13. The first-order valence-corrected chi connectivity index (χ1v) is 8.36. The highest BCUT2D eigenvalue weighted by atomic mass is 19.1. The summed E-state index contributed by atoms with van der Waals surface area (Å²) in [5.41, 5.74) is 2.55. The van der Waals surface area contributed by atoms with Gasteiger partial charge in [-0.25, -0.2) is 4.39 Å². The van der Waals surface area contributed by atoms with Crippen molar-refractivity contribution in [3.8, 4) is 17.2 Å². The summed E-state index contributed by atoms with van der Waals surface area (Å²) in [7, 11) is 0. The minimum absolute atomic E-state index is 0.200. The van der Waals surface area contributed by atoms with Gasteiger partial charge in [0.2, 0.25) is 6.79 Å². The molecule has 1 N–H and O–H groups in total. The second-order valence-corrected chi connectivity index (χ2v) is 5.95. The van der Waals surface area contributed by atoms with Gasteiger partial charge in [-0.05, 0) is 35.9 Å². The standard InChI is InChI=1S/C21H18FNO3/c22-19-7-2-1-5-16(19)13-24-18-6-3-4-15(10-18)12-23-17-8-9-20-21(11-17)26-14-25-20/h1-11,23H,12-14H2. The van der Waals surface area contributed by atoms with Crippen LogP contribution in [0.15, 0.2) is 66.7 Å². The number of anilines is 1. The quantitative estimate of drug-likeness (QED) is 0.696.